The molecule has 1 aromatic carbocycles. The van der Waals surface area contributed by atoms with Crippen molar-refractivity contribution in [1.29, 1.82) is 0 Å². The molecule has 2 rings (SSSR count). The molecule has 1 fully saturated rings. The van der Waals surface area contributed by atoms with Crippen LogP contribution in [0.25, 0.3) is 0 Å². The SMILES string of the molecule is COC(=O)C[C@H]1C[C@@H](OCc2ccccc2)C[C@@H](CC(C)=O)O1. The normalized spacial score (nSPS) is 24.2. The van der Waals surface area contributed by atoms with E-state index in [1.54, 1.807) is 6.92 Å². The van der Waals surface area contributed by atoms with Gasteiger partial charge in [-0.15, -0.1) is 0 Å². The Morgan fingerprint density at radius 2 is 1.78 bits per heavy atom. The van der Waals surface area contributed by atoms with Crippen molar-refractivity contribution in [3.63, 3.8) is 0 Å². The van der Waals surface area contributed by atoms with Gasteiger partial charge in [0.25, 0.3) is 0 Å². The number of rotatable bonds is 7. The van der Waals surface area contributed by atoms with Gasteiger partial charge in [0.2, 0.25) is 0 Å². The zero-order valence-corrected chi connectivity index (χ0v) is 13.7. The van der Waals surface area contributed by atoms with Crippen molar-refractivity contribution >= 4 is 11.8 Å². The van der Waals surface area contributed by atoms with Crippen LogP contribution in [0.2, 0.25) is 0 Å². The van der Waals surface area contributed by atoms with Crippen LogP contribution in [0.3, 0.4) is 0 Å². The Balaban J connectivity index is 1.93. The lowest BCUT2D eigenvalue weighted by atomic mass is 9.96. The van der Waals surface area contributed by atoms with Crippen LogP contribution in [0, 0.1) is 0 Å². The van der Waals surface area contributed by atoms with Gasteiger partial charge >= 0.3 is 5.97 Å². The molecule has 1 aliphatic rings. The predicted molar refractivity (Wildman–Crippen MR) is 84.8 cm³/mol. The van der Waals surface area contributed by atoms with Gasteiger partial charge in [0.1, 0.15) is 5.78 Å². The molecule has 5 nitrogen and oxygen atoms in total. The fourth-order valence-corrected chi connectivity index (χ4v) is 2.84. The summed E-state index contributed by atoms with van der Waals surface area (Å²) < 4.78 is 16.5. The molecule has 0 bridgehead atoms. The smallest absolute Gasteiger partial charge is 0.308 e. The van der Waals surface area contributed by atoms with E-state index in [9.17, 15) is 9.59 Å². The number of hydrogen-bond acceptors (Lipinski definition) is 5. The maximum atomic E-state index is 11.5. The molecule has 1 aliphatic heterocycles. The largest absolute Gasteiger partial charge is 0.469 e. The molecule has 126 valence electrons. The fraction of sp³-hybridized carbons (Fsp3) is 0.556. The molecule has 0 unspecified atom stereocenters. The maximum absolute atomic E-state index is 11.5. The highest BCUT2D eigenvalue weighted by atomic mass is 16.5. The first-order valence-corrected chi connectivity index (χ1v) is 7.94. The molecular formula is C18H24O5. The lowest BCUT2D eigenvalue weighted by Gasteiger charge is -2.34. The first-order valence-electron chi connectivity index (χ1n) is 7.94. The van der Waals surface area contributed by atoms with Gasteiger partial charge in [-0.3, -0.25) is 9.59 Å². The zero-order valence-electron chi connectivity index (χ0n) is 13.7. The number of carbonyl (C=O) groups is 2. The molecule has 3 atom stereocenters. The molecule has 0 saturated carbocycles. The summed E-state index contributed by atoms with van der Waals surface area (Å²) in [5.41, 5.74) is 1.10. The van der Waals surface area contributed by atoms with Crippen LogP contribution in [0.4, 0.5) is 0 Å². The summed E-state index contributed by atoms with van der Waals surface area (Å²) in [6.07, 6.45) is 1.36. The van der Waals surface area contributed by atoms with Gasteiger partial charge in [0.05, 0.1) is 38.4 Å². The molecule has 0 aromatic heterocycles. The standard InChI is InChI=1S/C18H24O5/c1-13(19)8-16-9-15(10-17(23-16)11-18(20)21-2)22-12-14-6-4-3-5-7-14/h3-7,15-17H,8-12H2,1-2H3/t15-,16+,17+/m0/s1. The summed E-state index contributed by atoms with van der Waals surface area (Å²) >= 11 is 0. The van der Waals surface area contributed by atoms with Gasteiger partial charge in [0, 0.05) is 19.3 Å². The Morgan fingerprint density at radius 3 is 2.39 bits per heavy atom. The summed E-state index contributed by atoms with van der Waals surface area (Å²) in [6, 6.07) is 9.94. The molecule has 0 amide bonds. The molecule has 5 heteroatoms. The van der Waals surface area contributed by atoms with E-state index in [-0.39, 0.29) is 36.5 Å². The minimum atomic E-state index is -0.305. The molecule has 1 heterocycles. The van der Waals surface area contributed by atoms with Crippen molar-refractivity contribution in [3.8, 4) is 0 Å². The van der Waals surface area contributed by atoms with Gasteiger partial charge in [-0.2, -0.15) is 0 Å². The molecule has 1 saturated heterocycles. The van der Waals surface area contributed by atoms with Crippen LogP contribution in [-0.2, 0) is 30.4 Å². The van der Waals surface area contributed by atoms with E-state index in [1.807, 2.05) is 30.3 Å². The van der Waals surface area contributed by atoms with E-state index in [1.165, 1.54) is 7.11 Å². The summed E-state index contributed by atoms with van der Waals surface area (Å²) in [7, 11) is 1.36. The van der Waals surface area contributed by atoms with E-state index in [0.717, 1.165) is 5.56 Å². The highest BCUT2D eigenvalue weighted by Crippen LogP contribution is 2.27. The van der Waals surface area contributed by atoms with Gasteiger partial charge in [0.15, 0.2) is 0 Å². The minimum Gasteiger partial charge on any atom is -0.469 e. The lowest BCUT2D eigenvalue weighted by Crippen LogP contribution is -2.39. The average Bonchev–Trinajstić information content (AvgIpc) is 2.53. The number of esters is 1. The molecule has 0 spiro atoms. The zero-order chi connectivity index (χ0) is 16.7. The van der Waals surface area contributed by atoms with Crippen molar-refractivity contribution in [1.82, 2.24) is 0 Å². The fourth-order valence-electron chi connectivity index (χ4n) is 2.84. The molecule has 0 N–H and O–H groups in total. The number of Topliss-reactive ketones (excluding diaryl/α,β-unsaturated/α-hetero) is 1. The van der Waals surface area contributed by atoms with Gasteiger partial charge in [-0.25, -0.2) is 0 Å². The highest BCUT2D eigenvalue weighted by molar-refractivity contribution is 5.76. The Bertz CT molecular complexity index is 513. The third kappa shape index (κ3) is 6.12. The van der Waals surface area contributed by atoms with Gasteiger partial charge < -0.3 is 14.2 Å². The van der Waals surface area contributed by atoms with Crippen molar-refractivity contribution < 1.29 is 23.8 Å². The van der Waals surface area contributed by atoms with Crippen LogP contribution in [-0.4, -0.2) is 37.2 Å². The van der Waals surface area contributed by atoms with E-state index < -0.39 is 0 Å². The Labute approximate surface area is 136 Å². The number of benzene rings is 1. The monoisotopic (exact) mass is 320 g/mol. The van der Waals surface area contributed by atoms with Gasteiger partial charge in [-0.1, -0.05) is 30.3 Å². The van der Waals surface area contributed by atoms with Crippen molar-refractivity contribution in [2.75, 3.05) is 7.11 Å². The Kier molecular flexibility index (Phi) is 6.74. The lowest BCUT2D eigenvalue weighted by molar-refractivity contribution is -0.155. The number of hydrogen-bond donors (Lipinski definition) is 0. The molecular weight excluding hydrogens is 296 g/mol. The summed E-state index contributed by atoms with van der Waals surface area (Å²) in [6.45, 7) is 2.07. The molecule has 0 radical (unpaired) electrons. The van der Waals surface area contributed by atoms with Crippen LogP contribution in [0.1, 0.15) is 38.2 Å². The molecule has 1 aromatic rings. The Hall–Kier alpha value is -1.72. The second kappa shape index (κ2) is 8.79. The predicted octanol–water partition coefficient (Wildman–Crippen LogP) is 2.66. The van der Waals surface area contributed by atoms with E-state index in [2.05, 4.69) is 0 Å². The first kappa shape index (κ1) is 17.6. The van der Waals surface area contributed by atoms with E-state index in [4.69, 9.17) is 14.2 Å². The number of carbonyl (C=O) groups excluding carboxylic acids is 2. The maximum Gasteiger partial charge on any atom is 0.308 e. The summed E-state index contributed by atoms with van der Waals surface area (Å²) in [5, 5.41) is 0. The van der Waals surface area contributed by atoms with E-state index in [0.29, 0.717) is 25.9 Å². The van der Waals surface area contributed by atoms with Crippen molar-refractivity contribution in [3.05, 3.63) is 35.9 Å². The minimum absolute atomic E-state index is 0.0250. The van der Waals surface area contributed by atoms with Crippen LogP contribution >= 0.6 is 0 Å². The van der Waals surface area contributed by atoms with Crippen LogP contribution in [0.5, 0.6) is 0 Å². The number of methoxy groups -OCH3 is 1. The first-order chi connectivity index (χ1) is 11.1. The van der Waals surface area contributed by atoms with E-state index >= 15 is 0 Å². The number of ketones is 1. The second-order valence-corrected chi connectivity index (χ2v) is 5.96. The van der Waals surface area contributed by atoms with Crippen LogP contribution in [0.15, 0.2) is 30.3 Å². The quantitative estimate of drug-likeness (QED) is 0.723. The second-order valence-electron chi connectivity index (χ2n) is 5.96. The average molecular weight is 320 g/mol. The van der Waals surface area contributed by atoms with Crippen LogP contribution < -0.4 is 0 Å². The number of ether oxygens (including phenoxy) is 3. The third-order valence-corrected chi connectivity index (χ3v) is 3.90. The Morgan fingerprint density at radius 1 is 1.13 bits per heavy atom. The summed E-state index contributed by atoms with van der Waals surface area (Å²) in [4.78, 5) is 22.9. The van der Waals surface area contributed by atoms with Crippen molar-refractivity contribution in [2.24, 2.45) is 0 Å². The van der Waals surface area contributed by atoms with Gasteiger partial charge in [-0.05, 0) is 12.5 Å². The molecule has 23 heavy (non-hydrogen) atoms. The summed E-state index contributed by atoms with van der Waals surface area (Å²) in [5.74, 6) is -0.226. The highest BCUT2D eigenvalue weighted by Gasteiger charge is 2.32. The topological polar surface area (TPSA) is 61.8 Å². The molecule has 0 aliphatic carbocycles. The third-order valence-electron chi connectivity index (χ3n) is 3.90. The van der Waals surface area contributed by atoms with Crippen molar-refractivity contribution in [2.45, 2.75) is 57.5 Å².